The van der Waals surface area contributed by atoms with Gasteiger partial charge in [-0.25, -0.2) is 0 Å². The number of aromatic hydroxyl groups is 1. The molecule has 2 nitrogen and oxygen atoms in total. The van der Waals surface area contributed by atoms with Crippen molar-refractivity contribution in [1.29, 1.82) is 0 Å². The van der Waals surface area contributed by atoms with Crippen molar-refractivity contribution < 1.29 is 9.84 Å². The van der Waals surface area contributed by atoms with Gasteiger partial charge < -0.3 is 9.84 Å². The van der Waals surface area contributed by atoms with Gasteiger partial charge in [-0.05, 0) is 12.1 Å². The van der Waals surface area contributed by atoms with Gasteiger partial charge in [0.05, 0.1) is 4.83 Å². The fraction of sp³-hybridized carbons (Fsp3) is 0.143. The molecular weight excluding hydrogens is 280 g/mol. The van der Waals surface area contributed by atoms with Crippen LogP contribution in [0.2, 0.25) is 0 Å². The lowest BCUT2D eigenvalue weighted by Crippen LogP contribution is -2.05. The highest BCUT2D eigenvalue weighted by Crippen LogP contribution is 2.50. The van der Waals surface area contributed by atoms with E-state index in [-0.39, 0.29) is 16.7 Å². The minimum Gasteiger partial charge on any atom is -0.508 e. The normalized spacial score (nSPS) is 21.9. The number of alkyl halides is 1. The van der Waals surface area contributed by atoms with Crippen molar-refractivity contribution in [2.24, 2.45) is 0 Å². The Morgan fingerprint density at radius 1 is 0.941 bits per heavy atom. The van der Waals surface area contributed by atoms with Crippen LogP contribution in [0.25, 0.3) is 0 Å². The number of fused-ring (bicyclic) bond motifs is 1. The SMILES string of the molecule is Oc1ccccc1C1Oc2ccccc2C1Br. The first-order valence-electron chi connectivity index (χ1n) is 5.45. The molecule has 2 atom stereocenters. The maximum Gasteiger partial charge on any atom is 0.144 e. The predicted octanol–water partition coefficient (Wildman–Crippen LogP) is 3.96. The molecule has 17 heavy (non-hydrogen) atoms. The number of benzene rings is 2. The lowest BCUT2D eigenvalue weighted by Gasteiger charge is -2.15. The first kappa shape index (κ1) is 10.7. The van der Waals surface area contributed by atoms with Crippen LogP contribution in [0.15, 0.2) is 48.5 Å². The summed E-state index contributed by atoms with van der Waals surface area (Å²) >= 11 is 3.64. The number of para-hydroxylation sites is 2. The first-order chi connectivity index (χ1) is 8.27. The van der Waals surface area contributed by atoms with Crippen LogP contribution >= 0.6 is 15.9 Å². The van der Waals surface area contributed by atoms with E-state index < -0.39 is 0 Å². The first-order valence-corrected chi connectivity index (χ1v) is 6.36. The van der Waals surface area contributed by atoms with Gasteiger partial charge >= 0.3 is 0 Å². The molecule has 2 aromatic carbocycles. The van der Waals surface area contributed by atoms with E-state index in [4.69, 9.17) is 4.74 Å². The third kappa shape index (κ3) is 1.71. The van der Waals surface area contributed by atoms with E-state index in [2.05, 4.69) is 15.9 Å². The van der Waals surface area contributed by atoms with Crippen molar-refractivity contribution in [2.45, 2.75) is 10.9 Å². The summed E-state index contributed by atoms with van der Waals surface area (Å²) < 4.78 is 5.88. The highest BCUT2D eigenvalue weighted by molar-refractivity contribution is 9.09. The Kier molecular flexibility index (Phi) is 2.56. The topological polar surface area (TPSA) is 29.5 Å². The van der Waals surface area contributed by atoms with Crippen LogP contribution in [0.5, 0.6) is 11.5 Å². The van der Waals surface area contributed by atoms with Gasteiger partial charge in [0.25, 0.3) is 0 Å². The molecule has 1 aliphatic heterocycles. The molecule has 1 aliphatic rings. The standard InChI is InChI=1S/C14H11BrO2/c15-13-10-6-2-4-8-12(10)17-14(13)9-5-1-3-7-11(9)16/h1-8,13-14,16H. The number of hydrogen-bond acceptors (Lipinski definition) is 2. The van der Waals surface area contributed by atoms with E-state index in [0.29, 0.717) is 0 Å². The van der Waals surface area contributed by atoms with Gasteiger partial charge in [0.2, 0.25) is 0 Å². The van der Waals surface area contributed by atoms with Crippen LogP contribution in [0, 0.1) is 0 Å². The molecule has 0 bridgehead atoms. The van der Waals surface area contributed by atoms with Gasteiger partial charge in [0.1, 0.15) is 17.6 Å². The van der Waals surface area contributed by atoms with Gasteiger partial charge in [-0.1, -0.05) is 52.3 Å². The summed E-state index contributed by atoms with van der Waals surface area (Å²) in [4.78, 5) is 0.0759. The fourth-order valence-corrected chi connectivity index (χ4v) is 2.90. The molecule has 0 saturated heterocycles. The number of rotatable bonds is 1. The molecule has 2 unspecified atom stereocenters. The highest BCUT2D eigenvalue weighted by atomic mass is 79.9. The molecule has 0 aliphatic carbocycles. The second-order valence-corrected chi connectivity index (χ2v) is 5.02. The van der Waals surface area contributed by atoms with Gasteiger partial charge in [0, 0.05) is 11.1 Å². The minimum atomic E-state index is -0.173. The van der Waals surface area contributed by atoms with Crippen LogP contribution in [-0.2, 0) is 0 Å². The van der Waals surface area contributed by atoms with E-state index in [9.17, 15) is 5.11 Å². The van der Waals surface area contributed by atoms with Crippen molar-refractivity contribution in [3.8, 4) is 11.5 Å². The molecule has 3 rings (SSSR count). The average Bonchev–Trinajstić information content (AvgIpc) is 2.68. The second kappa shape index (κ2) is 4.08. The van der Waals surface area contributed by atoms with Gasteiger partial charge in [0.15, 0.2) is 0 Å². The number of halogens is 1. The zero-order chi connectivity index (χ0) is 11.8. The molecule has 0 amide bonds. The van der Waals surface area contributed by atoms with Crippen molar-refractivity contribution in [1.82, 2.24) is 0 Å². The summed E-state index contributed by atoms with van der Waals surface area (Å²) in [5.41, 5.74) is 1.94. The van der Waals surface area contributed by atoms with Crippen molar-refractivity contribution >= 4 is 15.9 Å². The summed E-state index contributed by atoms with van der Waals surface area (Å²) in [6.45, 7) is 0. The third-order valence-electron chi connectivity index (χ3n) is 2.98. The maximum absolute atomic E-state index is 9.87. The van der Waals surface area contributed by atoms with Crippen LogP contribution in [0.4, 0.5) is 0 Å². The van der Waals surface area contributed by atoms with E-state index in [1.54, 1.807) is 6.07 Å². The Hall–Kier alpha value is -1.48. The second-order valence-electron chi connectivity index (χ2n) is 4.04. The molecule has 0 saturated carbocycles. The summed E-state index contributed by atoms with van der Waals surface area (Å²) in [5, 5.41) is 9.87. The Balaban J connectivity index is 2.02. The number of phenols is 1. The van der Waals surface area contributed by atoms with Gasteiger partial charge in [-0.3, -0.25) is 0 Å². The summed E-state index contributed by atoms with van der Waals surface area (Å²) in [7, 11) is 0. The molecule has 1 heterocycles. The Labute approximate surface area is 108 Å². The van der Waals surface area contributed by atoms with E-state index in [1.807, 2.05) is 42.5 Å². The van der Waals surface area contributed by atoms with E-state index >= 15 is 0 Å². The number of phenolic OH excluding ortho intramolecular Hbond substituents is 1. The quantitative estimate of drug-likeness (QED) is 0.806. The van der Waals surface area contributed by atoms with Crippen molar-refractivity contribution in [3.63, 3.8) is 0 Å². The molecular formula is C14H11BrO2. The Morgan fingerprint density at radius 2 is 1.59 bits per heavy atom. The molecule has 0 spiro atoms. The van der Waals surface area contributed by atoms with Gasteiger partial charge in [-0.15, -0.1) is 0 Å². The van der Waals surface area contributed by atoms with Crippen LogP contribution in [0.1, 0.15) is 22.1 Å². The summed E-state index contributed by atoms with van der Waals surface area (Å²) in [6, 6.07) is 15.2. The average molecular weight is 291 g/mol. The van der Waals surface area contributed by atoms with Crippen molar-refractivity contribution in [3.05, 3.63) is 59.7 Å². The molecule has 0 fully saturated rings. The third-order valence-corrected chi connectivity index (χ3v) is 3.95. The molecule has 0 aromatic heterocycles. The fourth-order valence-electron chi connectivity index (χ4n) is 2.12. The predicted molar refractivity (Wildman–Crippen MR) is 69.6 cm³/mol. The molecule has 2 aromatic rings. The zero-order valence-corrected chi connectivity index (χ0v) is 10.6. The van der Waals surface area contributed by atoms with Crippen LogP contribution in [-0.4, -0.2) is 5.11 Å². The van der Waals surface area contributed by atoms with Crippen LogP contribution < -0.4 is 4.74 Å². The molecule has 1 N–H and O–H groups in total. The molecule has 0 radical (unpaired) electrons. The molecule has 86 valence electrons. The van der Waals surface area contributed by atoms with Crippen molar-refractivity contribution in [2.75, 3.05) is 0 Å². The maximum atomic E-state index is 9.87. The van der Waals surface area contributed by atoms with Gasteiger partial charge in [-0.2, -0.15) is 0 Å². The Bertz CT molecular complexity index is 553. The van der Waals surface area contributed by atoms with E-state index in [1.165, 1.54) is 0 Å². The minimum absolute atomic E-state index is 0.0759. The lowest BCUT2D eigenvalue weighted by molar-refractivity contribution is 0.232. The summed E-state index contributed by atoms with van der Waals surface area (Å²) in [5.74, 6) is 1.15. The monoisotopic (exact) mass is 290 g/mol. The molecule has 3 heteroatoms. The van der Waals surface area contributed by atoms with Crippen LogP contribution in [0.3, 0.4) is 0 Å². The largest absolute Gasteiger partial charge is 0.508 e. The Morgan fingerprint density at radius 3 is 2.29 bits per heavy atom. The zero-order valence-electron chi connectivity index (χ0n) is 9.01. The summed E-state index contributed by atoms with van der Waals surface area (Å²) in [6.07, 6.45) is -0.173. The number of hydrogen-bond donors (Lipinski definition) is 1. The smallest absolute Gasteiger partial charge is 0.144 e. The lowest BCUT2D eigenvalue weighted by atomic mass is 10.0. The highest BCUT2D eigenvalue weighted by Gasteiger charge is 2.34. The number of ether oxygens (including phenoxy) is 1. The van der Waals surface area contributed by atoms with E-state index in [0.717, 1.165) is 16.9 Å².